The number of methoxy groups -OCH3 is 4. The molecule has 7 nitrogen and oxygen atoms in total. The molecule has 0 fully saturated rings. The lowest BCUT2D eigenvalue weighted by Crippen LogP contribution is -2.41. The maximum Gasteiger partial charge on any atom is 0.355 e. The maximum atomic E-state index is 14.5. The molecule has 7 rings (SSSR count). The Hall–Kier alpha value is -5.01. The monoisotopic (exact) mass is 633 g/mol. The van der Waals surface area contributed by atoms with Crippen LogP contribution in [0, 0.1) is 0 Å². The minimum atomic E-state index is -1.18. The second-order valence-electron chi connectivity index (χ2n) is 11.5. The van der Waals surface area contributed by atoms with E-state index in [4.69, 9.17) is 30.5 Å². The molecule has 0 N–H and O–H groups in total. The molecule has 4 aromatic rings. The number of rotatable bonds is 5. The lowest BCUT2D eigenvalue weighted by atomic mass is 9.61. The number of fused-ring (bicyclic) bond motifs is 8. The zero-order valence-corrected chi connectivity index (χ0v) is 26.7. The molecule has 0 aromatic heterocycles. The summed E-state index contributed by atoms with van der Waals surface area (Å²) in [5.41, 5.74) is 6.47. The summed E-state index contributed by atoms with van der Waals surface area (Å²) in [5.74, 6) is -0.569. The Bertz CT molecular complexity index is 1910. The maximum absolute atomic E-state index is 14.5. The molecule has 0 amide bonds. The van der Waals surface area contributed by atoms with Crippen LogP contribution in [-0.2, 0) is 30.9 Å². The van der Waals surface area contributed by atoms with E-state index in [0.29, 0.717) is 29.5 Å². The Kier molecular flexibility index (Phi) is 7.36. The van der Waals surface area contributed by atoms with E-state index in [1.54, 1.807) is 14.2 Å². The van der Waals surface area contributed by atoms with Crippen molar-refractivity contribution >= 4 is 29.2 Å². The molecule has 46 heavy (non-hydrogen) atoms. The molecule has 0 saturated carbocycles. The van der Waals surface area contributed by atoms with E-state index in [1.807, 2.05) is 77.7 Å². The van der Waals surface area contributed by atoms with Crippen molar-refractivity contribution in [2.75, 3.05) is 35.0 Å². The number of hydrogen-bond acceptors (Lipinski definition) is 7. The van der Waals surface area contributed by atoms with Gasteiger partial charge in [-0.15, -0.1) is 0 Å². The number of carbonyl (C=O) groups excluding carboxylic acids is 2. The van der Waals surface area contributed by atoms with Gasteiger partial charge in [-0.05, 0) is 64.1 Å². The lowest BCUT2D eigenvalue weighted by molar-refractivity contribution is -0.141. The van der Waals surface area contributed by atoms with Gasteiger partial charge in [0.1, 0.15) is 5.70 Å². The molecule has 232 valence electrons. The number of esters is 2. The van der Waals surface area contributed by atoms with Crippen LogP contribution in [0.15, 0.2) is 102 Å². The van der Waals surface area contributed by atoms with E-state index in [0.717, 1.165) is 44.6 Å². The van der Waals surface area contributed by atoms with Gasteiger partial charge in [-0.1, -0.05) is 78.3 Å². The van der Waals surface area contributed by atoms with Gasteiger partial charge in [-0.2, -0.15) is 0 Å². The van der Waals surface area contributed by atoms with Gasteiger partial charge in [0.15, 0.2) is 11.5 Å². The summed E-state index contributed by atoms with van der Waals surface area (Å²) < 4.78 is 22.5. The van der Waals surface area contributed by atoms with Crippen LogP contribution in [0.5, 0.6) is 11.5 Å². The lowest BCUT2D eigenvalue weighted by Gasteiger charge is -2.39. The van der Waals surface area contributed by atoms with E-state index in [1.165, 1.54) is 14.2 Å². The topological polar surface area (TPSA) is 74.3 Å². The van der Waals surface area contributed by atoms with Crippen LogP contribution in [0.4, 0.5) is 0 Å². The zero-order valence-electron chi connectivity index (χ0n) is 25.9. The highest BCUT2D eigenvalue weighted by Gasteiger charge is 2.57. The van der Waals surface area contributed by atoms with Gasteiger partial charge < -0.3 is 23.8 Å². The molecule has 1 spiro atoms. The van der Waals surface area contributed by atoms with Crippen molar-refractivity contribution in [3.63, 3.8) is 0 Å². The molecule has 0 radical (unpaired) electrons. The fraction of sp³-hybridized carbons (Fsp3) is 0.211. The van der Waals surface area contributed by atoms with Gasteiger partial charge >= 0.3 is 11.9 Å². The molecular weight excluding hydrogens is 602 g/mol. The average Bonchev–Trinajstić information content (AvgIpc) is 3.30. The normalized spacial score (nSPS) is 17.2. The molecule has 0 saturated heterocycles. The van der Waals surface area contributed by atoms with Crippen molar-refractivity contribution in [1.29, 1.82) is 0 Å². The Labute approximate surface area is 272 Å². The smallest absolute Gasteiger partial charge is 0.355 e. The molecule has 8 heteroatoms. The summed E-state index contributed by atoms with van der Waals surface area (Å²) in [6.07, 6.45) is 2.75. The molecule has 0 bridgehead atoms. The predicted octanol–water partition coefficient (Wildman–Crippen LogP) is 6.92. The SMILES string of the molecule is COC(=O)C1=C(C(=O)OC)C2(c3ccccc3-c3ccccc32)[C@@H](c2ccc(Cl)cc2)C=C2c3cc(OC)c(OC)cc3CCN21. The number of ether oxygens (including phenoxy) is 4. The second-order valence-corrected chi connectivity index (χ2v) is 11.9. The van der Waals surface area contributed by atoms with E-state index >= 15 is 0 Å². The molecule has 1 aliphatic carbocycles. The van der Waals surface area contributed by atoms with E-state index < -0.39 is 23.3 Å². The Morgan fingerprint density at radius 2 is 1.35 bits per heavy atom. The summed E-state index contributed by atoms with van der Waals surface area (Å²) >= 11 is 6.43. The highest BCUT2D eigenvalue weighted by Crippen LogP contribution is 2.62. The van der Waals surface area contributed by atoms with Gasteiger partial charge in [0, 0.05) is 28.7 Å². The Morgan fingerprint density at radius 1 is 0.761 bits per heavy atom. The van der Waals surface area contributed by atoms with Gasteiger partial charge in [0.25, 0.3) is 0 Å². The molecule has 0 unspecified atom stereocenters. The first kappa shape index (κ1) is 29.7. The first-order valence-corrected chi connectivity index (χ1v) is 15.4. The molecule has 3 aliphatic rings. The van der Waals surface area contributed by atoms with Crippen LogP contribution in [0.1, 0.15) is 33.7 Å². The Balaban J connectivity index is 1.70. The third-order valence-corrected chi connectivity index (χ3v) is 9.72. The van der Waals surface area contributed by atoms with Crippen LogP contribution in [-0.4, -0.2) is 51.8 Å². The second kappa shape index (κ2) is 11.4. The number of carbonyl (C=O) groups is 2. The van der Waals surface area contributed by atoms with Crippen molar-refractivity contribution in [3.05, 3.63) is 135 Å². The van der Waals surface area contributed by atoms with Crippen LogP contribution < -0.4 is 9.47 Å². The van der Waals surface area contributed by atoms with Gasteiger partial charge in [0.2, 0.25) is 0 Å². The van der Waals surface area contributed by atoms with Crippen LogP contribution in [0.2, 0.25) is 5.02 Å². The highest BCUT2D eigenvalue weighted by molar-refractivity contribution is 6.30. The van der Waals surface area contributed by atoms with E-state index in [9.17, 15) is 9.59 Å². The van der Waals surface area contributed by atoms with Gasteiger partial charge in [0.05, 0.1) is 39.4 Å². The fourth-order valence-corrected chi connectivity index (χ4v) is 7.72. The summed E-state index contributed by atoms with van der Waals surface area (Å²) in [5, 5.41) is 0.590. The summed E-state index contributed by atoms with van der Waals surface area (Å²) in [7, 11) is 5.90. The standard InChI is InChI=1S/C38H32ClNO6/c1-43-32-19-23-17-18-40-31(27(23)20-33(32)44-2)21-30(22-13-15-24(39)16-14-22)38(34(36(41)45-3)35(40)37(42)46-4)28-11-7-5-9-25(28)26-10-6-8-12-29(26)38/h5-16,19-21,30H,17-18H2,1-4H3/t30-/m1/s1. The molecule has 2 heterocycles. The third kappa shape index (κ3) is 4.18. The van der Waals surface area contributed by atoms with Gasteiger partial charge in [-0.3, -0.25) is 0 Å². The Morgan fingerprint density at radius 3 is 1.93 bits per heavy atom. The number of hydrogen-bond donors (Lipinski definition) is 0. The quantitative estimate of drug-likeness (QED) is 0.221. The summed E-state index contributed by atoms with van der Waals surface area (Å²) in [6, 6.07) is 27.7. The molecule has 2 aliphatic heterocycles. The van der Waals surface area contributed by atoms with Crippen LogP contribution in [0.25, 0.3) is 16.8 Å². The van der Waals surface area contributed by atoms with Crippen molar-refractivity contribution in [1.82, 2.24) is 4.90 Å². The number of benzene rings is 4. The number of nitrogens with zero attached hydrogens (tertiary/aromatic N) is 1. The highest BCUT2D eigenvalue weighted by atomic mass is 35.5. The summed E-state index contributed by atoms with van der Waals surface area (Å²) in [4.78, 5) is 30.6. The number of allylic oxidation sites excluding steroid dienone is 1. The van der Waals surface area contributed by atoms with Crippen LogP contribution in [0.3, 0.4) is 0 Å². The molecule has 4 aromatic carbocycles. The van der Waals surface area contributed by atoms with Crippen molar-refractivity contribution < 1.29 is 28.5 Å². The van der Waals surface area contributed by atoms with Crippen molar-refractivity contribution in [2.45, 2.75) is 17.8 Å². The minimum Gasteiger partial charge on any atom is -0.493 e. The predicted molar refractivity (Wildman–Crippen MR) is 176 cm³/mol. The van der Waals surface area contributed by atoms with E-state index in [-0.39, 0.29) is 11.3 Å². The fourth-order valence-electron chi connectivity index (χ4n) is 7.59. The van der Waals surface area contributed by atoms with Crippen molar-refractivity contribution in [3.8, 4) is 22.6 Å². The average molecular weight is 634 g/mol. The third-order valence-electron chi connectivity index (χ3n) is 9.46. The molecule has 1 atom stereocenters. The summed E-state index contributed by atoms with van der Waals surface area (Å²) in [6.45, 7) is 0.409. The largest absolute Gasteiger partial charge is 0.493 e. The molecular formula is C38H32ClNO6. The first-order valence-electron chi connectivity index (χ1n) is 15.0. The van der Waals surface area contributed by atoms with Crippen LogP contribution >= 0.6 is 11.6 Å². The van der Waals surface area contributed by atoms with E-state index in [2.05, 4.69) is 18.2 Å². The number of halogens is 1. The van der Waals surface area contributed by atoms with Gasteiger partial charge in [-0.25, -0.2) is 9.59 Å². The zero-order chi connectivity index (χ0) is 32.2. The minimum absolute atomic E-state index is 0.143. The van der Waals surface area contributed by atoms with Crippen molar-refractivity contribution in [2.24, 2.45) is 0 Å². The first-order chi connectivity index (χ1) is 22.4.